The molecule has 0 aliphatic heterocycles. The van der Waals surface area contributed by atoms with Crippen molar-refractivity contribution in [3.05, 3.63) is 54.1 Å². The predicted octanol–water partition coefficient (Wildman–Crippen LogP) is 2.84. The van der Waals surface area contributed by atoms with Gasteiger partial charge in [-0.3, -0.25) is 4.79 Å². The number of carbonyl (C=O) groups is 1. The average Bonchev–Trinajstić information content (AvgIpc) is 2.53. The molecular formula is C17H20N2O2S. The molecule has 2 aromatic rings. The molecule has 4 nitrogen and oxygen atoms in total. The van der Waals surface area contributed by atoms with E-state index in [2.05, 4.69) is 5.32 Å². The molecule has 3 N–H and O–H groups in total. The summed E-state index contributed by atoms with van der Waals surface area (Å²) in [6, 6.07) is 14.1. The quantitative estimate of drug-likeness (QED) is 0.891. The van der Waals surface area contributed by atoms with Crippen LogP contribution in [0.5, 0.6) is 0 Å². The molecule has 5 heteroatoms. The summed E-state index contributed by atoms with van der Waals surface area (Å²) in [6.07, 6.45) is 0.570. The van der Waals surface area contributed by atoms with Gasteiger partial charge in [0.2, 0.25) is 5.91 Å². The van der Waals surface area contributed by atoms with Crippen LogP contribution < -0.4 is 11.1 Å². The maximum Gasteiger partial charge on any atom is 0.241 e. The first-order valence-corrected chi connectivity index (χ1v) is 8.31. The maximum atomic E-state index is 12.6. The third-order valence-corrected chi connectivity index (χ3v) is 4.66. The SMILES string of the molecule is CCC(N)C(=O)Nc1cccc(S(=O)c2cccc(C)c2)c1. The van der Waals surface area contributed by atoms with E-state index in [1.54, 1.807) is 24.3 Å². The van der Waals surface area contributed by atoms with E-state index in [1.165, 1.54) is 0 Å². The van der Waals surface area contributed by atoms with E-state index >= 15 is 0 Å². The third kappa shape index (κ3) is 4.02. The summed E-state index contributed by atoms with van der Waals surface area (Å²) in [7, 11) is -1.28. The van der Waals surface area contributed by atoms with Crippen LogP contribution in [0.25, 0.3) is 0 Å². The molecule has 0 saturated heterocycles. The Morgan fingerprint density at radius 2 is 1.82 bits per heavy atom. The largest absolute Gasteiger partial charge is 0.325 e. The molecule has 0 heterocycles. The highest BCUT2D eigenvalue weighted by atomic mass is 32.2. The number of nitrogens with one attached hydrogen (secondary N) is 1. The van der Waals surface area contributed by atoms with Crippen LogP contribution in [0.4, 0.5) is 5.69 Å². The van der Waals surface area contributed by atoms with Gasteiger partial charge in [-0.25, -0.2) is 4.21 Å². The first-order valence-electron chi connectivity index (χ1n) is 7.16. The molecule has 0 aliphatic carbocycles. The number of nitrogens with two attached hydrogens (primary N) is 1. The van der Waals surface area contributed by atoms with Gasteiger partial charge in [0.1, 0.15) is 0 Å². The molecule has 0 spiro atoms. The summed E-state index contributed by atoms with van der Waals surface area (Å²) in [4.78, 5) is 13.2. The summed E-state index contributed by atoms with van der Waals surface area (Å²) in [5.41, 5.74) is 7.36. The van der Waals surface area contributed by atoms with Crippen molar-refractivity contribution in [2.24, 2.45) is 5.73 Å². The van der Waals surface area contributed by atoms with Gasteiger partial charge in [0.25, 0.3) is 0 Å². The molecule has 0 aliphatic rings. The zero-order chi connectivity index (χ0) is 16.1. The van der Waals surface area contributed by atoms with Crippen LogP contribution >= 0.6 is 0 Å². The molecule has 2 unspecified atom stereocenters. The zero-order valence-electron chi connectivity index (χ0n) is 12.7. The maximum absolute atomic E-state index is 12.6. The van der Waals surface area contributed by atoms with Gasteiger partial charge in [0.15, 0.2) is 0 Å². The van der Waals surface area contributed by atoms with E-state index < -0.39 is 16.8 Å². The smallest absolute Gasteiger partial charge is 0.241 e. The number of amides is 1. The molecule has 0 bridgehead atoms. The van der Waals surface area contributed by atoms with Crippen LogP contribution in [0, 0.1) is 6.92 Å². The molecular weight excluding hydrogens is 296 g/mol. The van der Waals surface area contributed by atoms with Crippen molar-refractivity contribution in [3.63, 3.8) is 0 Å². The Kier molecular flexibility index (Phi) is 5.46. The summed E-state index contributed by atoms with van der Waals surface area (Å²) in [5, 5.41) is 2.75. The van der Waals surface area contributed by atoms with Gasteiger partial charge in [0.05, 0.1) is 16.8 Å². The standard InChI is InChI=1S/C17H20N2O2S/c1-3-16(18)17(20)19-13-7-5-9-15(11-13)22(21)14-8-4-6-12(2)10-14/h4-11,16H,3,18H2,1-2H3,(H,19,20). The Labute approximate surface area is 133 Å². The molecule has 2 aromatic carbocycles. The second-order valence-corrected chi connectivity index (χ2v) is 6.60. The van der Waals surface area contributed by atoms with Crippen LogP contribution in [0.3, 0.4) is 0 Å². The minimum absolute atomic E-state index is 0.235. The lowest BCUT2D eigenvalue weighted by atomic mass is 10.2. The molecule has 22 heavy (non-hydrogen) atoms. The molecule has 2 atom stereocenters. The van der Waals surface area contributed by atoms with E-state index in [9.17, 15) is 9.00 Å². The van der Waals surface area contributed by atoms with Gasteiger partial charge in [-0.1, -0.05) is 25.1 Å². The Hall–Kier alpha value is -1.98. The molecule has 0 fully saturated rings. The number of rotatable bonds is 5. The van der Waals surface area contributed by atoms with Crippen LogP contribution in [0.1, 0.15) is 18.9 Å². The van der Waals surface area contributed by atoms with Crippen molar-refractivity contribution in [3.8, 4) is 0 Å². The highest BCUT2D eigenvalue weighted by molar-refractivity contribution is 7.85. The van der Waals surface area contributed by atoms with E-state index in [1.807, 2.05) is 38.1 Å². The van der Waals surface area contributed by atoms with E-state index in [-0.39, 0.29) is 5.91 Å². The van der Waals surface area contributed by atoms with Gasteiger partial charge < -0.3 is 11.1 Å². The first-order chi connectivity index (χ1) is 10.5. The van der Waals surface area contributed by atoms with Crippen LogP contribution in [-0.2, 0) is 15.6 Å². The van der Waals surface area contributed by atoms with E-state index in [4.69, 9.17) is 5.73 Å². The number of hydrogen-bond donors (Lipinski definition) is 2. The Balaban J connectivity index is 2.21. The van der Waals surface area contributed by atoms with Gasteiger partial charge in [0, 0.05) is 15.5 Å². The van der Waals surface area contributed by atoms with Gasteiger partial charge in [-0.15, -0.1) is 0 Å². The van der Waals surface area contributed by atoms with Crippen molar-refractivity contribution in [1.29, 1.82) is 0 Å². The highest BCUT2D eigenvalue weighted by Gasteiger charge is 2.12. The second kappa shape index (κ2) is 7.33. The monoisotopic (exact) mass is 316 g/mol. The lowest BCUT2D eigenvalue weighted by Gasteiger charge is -2.11. The fourth-order valence-corrected chi connectivity index (χ4v) is 3.18. The van der Waals surface area contributed by atoms with Crippen LogP contribution in [0.2, 0.25) is 0 Å². The fraction of sp³-hybridized carbons (Fsp3) is 0.235. The molecule has 1 amide bonds. The minimum atomic E-state index is -1.28. The van der Waals surface area contributed by atoms with E-state index in [0.717, 1.165) is 10.5 Å². The fourth-order valence-electron chi connectivity index (χ4n) is 1.98. The number of hydrogen-bond acceptors (Lipinski definition) is 3. The molecule has 0 radical (unpaired) electrons. The molecule has 0 saturated carbocycles. The first kappa shape index (κ1) is 16.4. The van der Waals surface area contributed by atoms with Crippen molar-refractivity contribution < 1.29 is 9.00 Å². The highest BCUT2D eigenvalue weighted by Crippen LogP contribution is 2.20. The van der Waals surface area contributed by atoms with Crippen LogP contribution in [0.15, 0.2) is 58.3 Å². The Bertz CT molecular complexity index is 701. The molecule has 0 aromatic heterocycles. The summed E-state index contributed by atoms with van der Waals surface area (Å²) >= 11 is 0. The Morgan fingerprint density at radius 3 is 2.45 bits per heavy atom. The lowest BCUT2D eigenvalue weighted by molar-refractivity contribution is -0.117. The third-order valence-electron chi connectivity index (χ3n) is 3.30. The zero-order valence-corrected chi connectivity index (χ0v) is 13.5. The van der Waals surface area contributed by atoms with Crippen molar-refractivity contribution in [2.75, 3.05) is 5.32 Å². The number of aryl methyl sites for hydroxylation is 1. The summed E-state index contributed by atoms with van der Waals surface area (Å²) < 4.78 is 12.6. The van der Waals surface area contributed by atoms with Crippen LogP contribution in [-0.4, -0.2) is 16.2 Å². The predicted molar refractivity (Wildman–Crippen MR) is 89.2 cm³/mol. The van der Waals surface area contributed by atoms with Gasteiger partial charge in [-0.05, 0) is 49.2 Å². The number of anilines is 1. The second-order valence-electron chi connectivity index (χ2n) is 5.12. The topological polar surface area (TPSA) is 72.2 Å². The van der Waals surface area contributed by atoms with Crippen molar-refractivity contribution in [1.82, 2.24) is 0 Å². The summed E-state index contributed by atoms with van der Waals surface area (Å²) in [6.45, 7) is 3.82. The lowest BCUT2D eigenvalue weighted by Crippen LogP contribution is -2.34. The summed E-state index contributed by atoms with van der Waals surface area (Å²) in [5.74, 6) is -0.235. The normalized spacial score (nSPS) is 13.4. The van der Waals surface area contributed by atoms with E-state index in [0.29, 0.717) is 17.0 Å². The molecule has 2 rings (SSSR count). The molecule has 116 valence electrons. The van der Waals surface area contributed by atoms with Gasteiger partial charge in [-0.2, -0.15) is 0 Å². The van der Waals surface area contributed by atoms with Crippen molar-refractivity contribution in [2.45, 2.75) is 36.1 Å². The Morgan fingerprint density at radius 1 is 1.18 bits per heavy atom. The van der Waals surface area contributed by atoms with Gasteiger partial charge >= 0.3 is 0 Å². The number of carbonyl (C=O) groups excluding carboxylic acids is 1. The minimum Gasteiger partial charge on any atom is -0.325 e. The van der Waals surface area contributed by atoms with Crippen molar-refractivity contribution >= 4 is 22.4 Å². The number of benzene rings is 2. The average molecular weight is 316 g/mol.